The molecule has 2 rings (SSSR count). The van der Waals surface area contributed by atoms with Crippen LogP contribution in [0.25, 0.3) is 0 Å². The third kappa shape index (κ3) is 4.43. The number of nitrogens with one attached hydrogen (secondary N) is 1. The summed E-state index contributed by atoms with van der Waals surface area (Å²) in [6, 6.07) is 6.79. The molecule has 4 heteroatoms. The average Bonchev–Trinajstić information content (AvgIpc) is 2.52. The highest BCUT2D eigenvalue weighted by molar-refractivity contribution is 5.38. The van der Waals surface area contributed by atoms with E-state index in [0.717, 1.165) is 45.0 Å². The van der Waals surface area contributed by atoms with Gasteiger partial charge in [0.25, 0.3) is 0 Å². The molecule has 1 atom stereocenters. The fraction of sp³-hybridized carbons (Fsp3) is 0.647. The van der Waals surface area contributed by atoms with Gasteiger partial charge in [-0.15, -0.1) is 0 Å². The number of likely N-dealkylation sites (N-methyl/N-ethyl adjacent to an activating group) is 1. The molecule has 0 bridgehead atoms. The molecule has 1 fully saturated rings. The first-order valence-corrected chi connectivity index (χ1v) is 7.89. The van der Waals surface area contributed by atoms with Crippen molar-refractivity contribution in [1.29, 1.82) is 0 Å². The smallest absolute Gasteiger partial charge is 0.123 e. The first-order valence-electron chi connectivity index (χ1n) is 7.89. The molecule has 1 aliphatic heterocycles. The topological polar surface area (TPSA) is 27.7 Å². The van der Waals surface area contributed by atoms with Crippen molar-refractivity contribution >= 4 is 0 Å². The Balaban J connectivity index is 1.94. The van der Waals surface area contributed by atoms with E-state index in [1.54, 1.807) is 7.11 Å². The Kier molecular flexibility index (Phi) is 6.03. The summed E-state index contributed by atoms with van der Waals surface area (Å²) in [5.41, 5.74) is 2.56. The Bertz CT molecular complexity index is 444. The highest BCUT2D eigenvalue weighted by Gasteiger charge is 2.17. The maximum Gasteiger partial charge on any atom is 0.123 e. The number of aryl methyl sites for hydroxylation is 1. The summed E-state index contributed by atoms with van der Waals surface area (Å²) in [6.07, 6.45) is 0. The second-order valence-electron chi connectivity index (χ2n) is 5.99. The number of rotatable bonds is 6. The van der Waals surface area contributed by atoms with E-state index in [2.05, 4.69) is 54.2 Å². The molecule has 118 valence electrons. The van der Waals surface area contributed by atoms with Gasteiger partial charge in [-0.05, 0) is 27.0 Å². The number of ether oxygens (including phenoxy) is 1. The Hall–Kier alpha value is -1.10. The van der Waals surface area contributed by atoms with Gasteiger partial charge >= 0.3 is 0 Å². The molecular weight excluding hydrogens is 262 g/mol. The molecule has 1 aliphatic rings. The average molecular weight is 291 g/mol. The lowest BCUT2D eigenvalue weighted by Crippen LogP contribution is -2.46. The van der Waals surface area contributed by atoms with E-state index in [0.29, 0.717) is 6.04 Å². The van der Waals surface area contributed by atoms with Gasteiger partial charge in [0.1, 0.15) is 5.75 Å². The molecule has 0 aliphatic carbocycles. The number of piperazine rings is 1. The SMILES string of the molecule is COc1ccc(C)cc1C(C)N(C)CCN1CCNCC1. The van der Waals surface area contributed by atoms with Gasteiger partial charge in [-0.2, -0.15) is 0 Å². The second kappa shape index (κ2) is 7.78. The molecule has 0 saturated carbocycles. The zero-order chi connectivity index (χ0) is 15.2. The van der Waals surface area contributed by atoms with Crippen LogP contribution in [0, 0.1) is 6.92 Å². The van der Waals surface area contributed by atoms with Crippen LogP contribution in [0.2, 0.25) is 0 Å². The zero-order valence-electron chi connectivity index (χ0n) is 13.9. The fourth-order valence-electron chi connectivity index (χ4n) is 2.85. The van der Waals surface area contributed by atoms with Crippen LogP contribution in [0.3, 0.4) is 0 Å². The first kappa shape index (κ1) is 16.3. The molecule has 1 aromatic carbocycles. The highest BCUT2D eigenvalue weighted by Crippen LogP contribution is 2.29. The van der Waals surface area contributed by atoms with E-state index in [4.69, 9.17) is 4.74 Å². The lowest BCUT2D eigenvalue weighted by molar-refractivity contribution is 0.181. The van der Waals surface area contributed by atoms with Crippen molar-refractivity contribution in [2.24, 2.45) is 0 Å². The third-order valence-electron chi connectivity index (χ3n) is 4.48. The Morgan fingerprint density at radius 1 is 1.33 bits per heavy atom. The fourth-order valence-corrected chi connectivity index (χ4v) is 2.85. The Morgan fingerprint density at radius 2 is 2.05 bits per heavy atom. The molecule has 1 aromatic rings. The summed E-state index contributed by atoms with van der Waals surface area (Å²) in [5.74, 6) is 0.988. The Labute approximate surface area is 129 Å². The minimum atomic E-state index is 0.364. The van der Waals surface area contributed by atoms with Gasteiger partial charge in [0.2, 0.25) is 0 Å². The maximum absolute atomic E-state index is 5.52. The minimum Gasteiger partial charge on any atom is -0.496 e. The van der Waals surface area contributed by atoms with Crippen LogP contribution in [0.1, 0.15) is 24.1 Å². The predicted octanol–water partition coefficient (Wildman–Crippen LogP) is 1.90. The summed E-state index contributed by atoms with van der Waals surface area (Å²) in [5, 5.41) is 3.40. The number of nitrogens with zero attached hydrogens (tertiary/aromatic N) is 2. The van der Waals surface area contributed by atoms with Crippen LogP contribution in [-0.2, 0) is 0 Å². The maximum atomic E-state index is 5.52. The van der Waals surface area contributed by atoms with Crippen molar-refractivity contribution in [2.75, 3.05) is 53.4 Å². The van der Waals surface area contributed by atoms with Crippen molar-refractivity contribution < 1.29 is 4.74 Å². The summed E-state index contributed by atoms with van der Waals surface area (Å²) < 4.78 is 5.52. The van der Waals surface area contributed by atoms with Crippen LogP contribution in [0.5, 0.6) is 5.75 Å². The van der Waals surface area contributed by atoms with Crippen molar-refractivity contribution in [3.63, 3.8) is 0 Å². The molecule has 1 unspecified atom stereocenters. The molecule has 21 heavy (non-hydrogen) atoms. The molecule has 0 amide bonds. The van der Waals surface area contributed by atoms with Gasteiger partial charge in [-0.3, -0.25) is 9.80 Å². The van der Waals surface area contributed by atoms with Gasteiger partial charge in [-0.25, -0.2) is 0 Å². The predicted molar refractivity (Wildman–Crippen MR) is 88.1 cm³/mol. The quantitative estimate of drug-likeness (QED) is 0.866. The monoisotopic (exact) mass is 291 g/mol. The largest absolute Gasteiger partial charge is 0.496 e. The molecule has 1 heterocycles. The lowest BCUT2D eigenvalue weighted by atomic mass is 10.0. The summed E-state index contributed by atoms with van der Waals surface area (Å²) in [7, 11) is 3.95. The number of hydrogen-bond donors (Lipinski definition) is 1. The molecule has 0 aromatic heterocycles. The molecule has 1 N–H and O–H groups in total. The van der Waals surface area contributed by atoms with Crippen LogP contribution < -0.4 is 10.1 Å². The van der Waals surface area contributed by atoms with E-state index in [1.165, 1.54) is 11.1 Å². The van der Waals surface area contributed by atoms with Crippen LogP contribution >= 0.6 is 0 Å². The minimum absolute atomic E-state index is 0.364. The van der Waals surface area contributed by atoms with E-state index in [-0.39, 0.29) is 0 Å². The summed E-state index contributed by atoms with van der Waals surface area (Å²) in [4.78, 5) is 4.95. The number of hydrogen-bond acceptors (Lipinski definition) is 4. The van der Waals surface area contributed by atoms with Crippen molar-refractivity contribution in [3.8, 4) is 5.75 Å². The first-order chi connectivity index (χ1) is 10.1. The van der Waals surface area contributed by atoms with Crippen molar-refractivity contribution in [1.82, 2.24) is 15.1 Å². The van der Waals surface area contributed by atoms with Gasteiger partial charge in [0, 0.05) is 50.9 Å². The van der Waals surface area contributed by atoms with Gasteiger partial charge in [-0.1, -0.05) is 17.7 Å². The van der Waals surface area contributed by atoms with Crippen molar-refractivity contribution in [3.05, 3.63) is 29.3 Å². The second-order valence-corrected chi connectivity index (χ2v) is 5.99. The molecule has 0 radical (unpaired) electrons. The highest BCUT2D eigenvalue weighted by atomic mass is 16.5. The normalized spacial score (nSPS) is 18.0. The lowest BCUT2D eigenvalue weighted by Gasteiger charge is -2.31. The standard InChI is InChI=1S/C17H29N3O/c1-14-5-6-17(21-4)16(13-14)15(2)19(3)11-12-20-9-7-18-8-10-20/h5-6,13,15,18H,7-12H2,1-4H3. The molecule has 0 spiro atoms. The summed E-state index contributed by atoms with van der Waals surface area (Å²) >= 11 is 0. The van der Waals surface area contributed by atoms with Gasteiger partial charge in [0.15, 0.2) is 0 Å². The van der Waals surface area contributed by atoms with Gasteiger partial charge in [0.05, 0.1) is 7.11 Å². The molecular formula is C17H29N3O. The van der Waals surface area contributed by atoms with Crippen LogP contribution in [-0.4, -0.2) is 63.2 Å². The van der Waals surface area contributed by atoms with Gasteiger partial charge < -0.3 is 10.1 Å². The van der Waals surface area contributed by atoms with E-state index < -0.39 is 0 Å². The van der Waals surface area contributed by atoms with Crippen LogP contribution in [0.4, 0.5) is 0 Å². The number of benzene rings is 1. The molecule has 1 saturated heterocycles. The van der Waals surface area contributed by atoms with Crippen LogP contribution in [0.15, 0.2) is 18.2 Å². The van der Waals surface area contributed by atoms with Crippen molar-refractivity contribution in [2.45, 2.75) is 19.9 Å². The third-order valence-corrected chi connectivity index (χ3v) is 4.48. The van der Waals surface area contributed by atoms with E-state index in [9.17, 15) is 0 Å². The van der Waals surface area contributed by atoms with E-state index in [1.807, 2.05) is 0 Å². The zero-order valence-corrected chi connectivity index (χ0v) is 13.9. The van der Waals surface area contributed by atoms with E-state index >= 15 is 0 Å². The summed E-state index contributed by atoms with van der Waals surface area (Å²) in [6.45, 7) is 11.2. The Morgan fingerprint density at radius 3 is 2.71 bits per heavy atom. The molecule has 4 nitrogen and oxygen atoms in total. The number of methoxy groups -OCH3 is 1.